The van der Waals surface area contributed by atoms with Gasteiger partial charge in [0.05, 0.1) is 0 Å². The van der Waals surface area contributed by atoms with Gasteiger partial charge in [0.25, 0.3) is 0 Å². The summed E-state index contributed by atoms with van der Waals surface area (Å²) in [6.07, 6.45) is 0. The van der Waals surface area contributed by atoms with Crippen molar-refractivity contribution < 1.29 is 4.74 Å². The summed E-state index contributed by atoms with van der Waals surface area (Å²) in [5.74, 6) is 0.767. The van der Waals surface area contributed by atoms with Crippen LogP contribution in [0.5, 0.6) is 5.75 Å². The first-order valence-electron chi connectivity index (χ1n) is 7.08. The zero-order chi connectivity index (χ0) is 15.1. The Balaban J connectivity index is 2.01. The molecule has 2 rings (SSSR count). The van der Waals surface area contributed by atoms with Crippen molar-refractivity contribution in [3.63, 3.8) is 0 Å². The minimum atomic E-state index is 0.0739. The third-order valence-electron chi connectivity index (χ3n) is 3.41. The highest BCUT2D eigenvalue weighted by molar-refractivity contribution is 5.33. The molecular formula is C18H20N2O. The van der Waals surface area contributed by atoms with E-state index in [1.54, 1.807) is 0 Å². The van der Waals surface area contributed by atoms with Gasteiger partial charge in [-0.1, -0.05) is 48.0 Å². The average molecular weight is 280 g/mol. The molecule has 0 saturated heterocycles. The van der Waals surface area contributed by atoms with Crippen molar-refractivity contribution in [1.82, 2.24) is 5.32 Å². The van der Waals surface area contributed by atoms with Crippen LogP contribution in [-0.2, 0) is 6.54 Å². The predicted molar refractivity (Wildman–Crippen MR) is 84.0 cm³/mol. The minimum absolute atomic E-state index is 0.0739. The van der Waals surface area contributed by atoms with Crippen molar-refractivity contribution >= 4 is 0 Å². The molecule has 0 unspecified atom stereocenters. The lowest BCUT2D eigenvalue weighted by atomic mass is 10.1. The van der Waals surface area contributed by atoms with Gasteiger partial charge >= 0.3 is 0 Å². The van der Waals surface area contributed by atoms with Crippen LogP contribution in [0.1, 0.15) is 29.7 Å². The second-order valence-corrected chi connectivity index (χ2v) is 5.07. The van der Waals surface area contributed by atoms with E-state index in [2.05, 4.69) is 43.4 Å². The molecule has 0 aliphatic heterocycles. The molecule has 108 valence electrons. The van der Waals surface area contributed by atoms with Gasteiger partial charge in [-0.2, -0.15) is 5.26 Å². The molecule has 0 aromatic heterocycles. The SMILES string of the molecule is Cc1cccc([C@@H](C)NCc2ccccc2OCC#N)c1. The number of nitrogens with zero attached hydrogens (tertiary/aromatic N) is 1. The number of hydrogen-bond donors (Lipinski definition) is 1. The Kier molecular flexibility index (Phi) is 5.36. The molecule has 0 aliphatic rings. The number of nitrogens with one attached hydrogen (secondary N) is 1. The van der Waals surface area contributed by atoms with Crippen molar-refractivity contribution in [1.29, 1.82) is 5.26 Å². The van der Waals surface area contributed by atoms with E-state index in [1.165, 1.54) is 11.1 Å². The van der Waals surface area contributed by atoms with E-state index in [0.717, 1.165) is 11.3 Å². The summed E-state index contributed by atoms with van der Waals surface area (Å²) in [4.78, 5) is 0. The predicted octanol–water partition coefficient (Wildman–Crippen LogP) is 3.75. The van der Waals surface area contributed by atoms with Crippen LogP contribution in [0.15, 0.2) is 48.5 Å². The zero-order valence-electron chi connectivity index (χ0n) is 12.5. The van der Waals surface area contributed by atoms with Crippen LogP contribution in [0.2, 0.25) is 0 Å². The van der Waals surface area contributed by atoms with E-state index >= 15 is 0 Å². The normalized spacial score (nSPS) is 11.7. The number of nitriles is 1. The summed E-state index contributed by atoms with van der Waals surface area (Å²) in [6.45, 7) is 5.02. The molecule has 0 spiro atoms. The smallest absolute Gasteiger partial charge is 0.174 e. The largest absolute Gasteiger partial charge is 0.478 e. The van der Waals surface area contributed by atoms with Crippen LogP contribution in [0.3, 0.4) is 0 Å². The Labute approximate surface area is 126 Å². The van der Waals surface area contributed by atoms with Gasteiger partial charge in [0.15, 0.2) is 6.61 Å². The van der Waals surface area contributed by atoms with Gasteiger partial charge in [-0.05, 0) is 25.5 Å². The van der Waals surface area contributed by atoms with Crippen LogP contribution < -0.4 is 10.1 Å². The molecule has 1 N–H and O–H groups in total. The average Bonchev–Trinajstić information content (AvgIpc) is 2.51. The number of para-hydroxylation sites is 1. The number of benzene rings is 2. The van der Waals surface area contributed by atoms with E-state index in [-0.39, 0.29) is 12.6 Å². The molecule has 3 nitrogen and oxygen atoms in total. The van der Waals surface area contributed by atoms with Gasteiger partial charge in [-0.15, -0.1) is 0 Å². The van der Waals surface area contributed by atoms with E-state index in [0.29, 0.717) is 6.54 Å². The van der Waals surface area contributed by atoms with Crippen LogP contribution >= 0.6 is 0 Å². The summed E-state index contributed by atoms with van der Waals surface area (Å²) < 4.78 is 5.44. The van der Waals surface area contributed by atoms with Crippen molar-refractivity contribution in [3.05, 3.63) is 65.2 Å². The molecule has 1 atom stereocenters. The standard InChI is InChI=1S/C18H20N2O/c1-14-6-5-8-16(12-14)15(2)20-13-17-7-3-4-9-18(17)21-11-10-19/h3-9,12,15,20H,11,13H2,1-2H3/t15-/m1/s1. The second kappa shape index (κ2) is 7.47. The summed E-state index contributed by atoms with van der Waals surface area (Å²) in [5, 5.41) is 12.1. The maximum absolute atomic E-state index is 8.62. The summed E-state index contributed by atoms with van der Waals surface area (Å²) in [5.41, 5.74) is 3.59. The molecule has 21 heavy (non-hydrogen) atoms. The molecule has 0 amide bonds. The summed E-state index contributed by atoms with van der Waals surface area (Å²) >= 11 is 0. The maximum atomic E-state index is 8.62. The minimum Gasteiger partial charge on any atom is -0.478 e. The number of ether oxygens (including phenoxy) is 1. The highest BCUT2D eigenvalue weighted by Gasteiger charge is 2.07. The highest BCUT2D eigenvalue weighted by atomic mass is 16.5. The summed E-state index contributed by atoms with van der Waals surface area (Å²) in [7, 11) is 0. The molecule has 2 aromatic rings. The lowest BCUT2D eigenvalue weighted by molar-refractivity contribution is 0.361. The lowest BCUT2D eigenvalue weighted by Crippen LogP contribution is -2.18. The Morgan fingerprint density at radius 2 is 2.00 bits per heavy atom. The molecule has 0 fully saturated rings. The number of aryl methyl sites for hydroxylation is 1. The van der Waals surface area contributed by atoms with E-state index < -0.39 is 0 Å². The molecule has 0 aliphatic carbocycles. The first-order valence-corrected chi connectivity index (χ1v) is 7.08. The first-order chi connectivity index (χ1) is 10.2. The van der Waals surface area contributed by atoms with Gasteiger partial charge in [-0.25, -0.2) is 0 Å². The fourth-order valence-electron chi connectivity index (χ4n) is 2.22. The molecule has 0 bridgehead atoms. The Hall–Kier alpha value is -2.31. The van der Waals surface area contributed by atoms with Crippen LogP contribution in [0, 0.1) is 18.3 Å². The van der Waals surface area contributed by atoms with E-state index in [9.17, 15) is 0 Å². The third kappa shape index (κ3) is 4.34. The van der Waals surface area contributed by atoms with Gasteiger partial charge in [0, 0.05) is 18.2 Å². The lowest BCUT2D eigenvalue weighted by Gasteiger charge is -2.16. The first kappa shape index (κ1) is 15.1. The van der Waals surface area contributed by atoms with Crippen LogP contribution in [-0.4, -0.2) is 6.61 Å². The molecule has 0 saturated carbocycles. The van der Waals surface area contributed by atoms with Crippen molar-refractivity contribution in [2.45, 2.75) is 26.4 Å². The molecule has 3 heteroatoms. The molecular weight excluding hydrogens is 260 g/mol. The quantitative estimate of drug-likeness (QED) is 0.876. The van der Waals surface area contributed by atoms with E-state index in [4.69, 9.17) is 10.00 Å². The van der Waals surface area contributed by atoms with Gasteiger partial charge in [0.2, 0.25) is 0 Å². The molecule has 2 aromatic carbocycles. The van der Waals surface area contributed by atoms with Crippen molar-refractivity contribution in [3.8, 4) is 11.8 Å². The van der Waals surface area contributed by atoms with Crippen molar-refractivity contribution in [2.75, 3.05) is 6.61 Å². The fraction of sp³-hybridized carbons (Fsp3) is 0.278. The second-order valence-electron chi connectivity index (χ2n) is 5.07. The topological polar surface area (TPSA) is 45.0 Å². The Morgan fingerprint density at radius 1 is 1.19 bits per heavy atom. The highest BCUT2D eigenvalue weighted by Crippen LogP contribution is 2.20. The maximum Gasteiger partial charge on any atom is 0.174 e. The monoisotopic (exact) mass is 280 g/mol. The molecule has 0 radical (unpaired) electrons. The zero-order valence-corrected chi connectivity index (χ0v) is 12.5. The third-order valence-corrected chi connectivity index (χ3v) is 3.41. The van der Waals surface area contributed by atoms with E-state index in [1.807, 2.05) is 30.3 Å². The Morgan fingerprint density at radius 3 is 2.76 bits per heavy atom. The number of hydrogen-bond acceptors (Lipinski definition) is 3. The summed E-state index contributed by atoms with van der Waals surface area (Å²) in [6, 6.07) is 18.6. The van der Waals surface area contributed by atoms with Crippen LogP contribution in [0.4, 0.5) is 0 Å². The molecule has 0 heterocycles. The fourth-order valence-corrected chi connectivity index (χ4v) is 2.22. The van der Waals surface area contributed by atoms with Crippen molar-refractivity contribution in [2.24, 2.45) is 0 Å². The van der Waals surface area contributed by atoms with Gasteiger partial charge < -0.3 is 10.1 Å². The van der Waals surface area contributed by atoms with Crippen LogP contribution in [0.25, 0.3) is 0 Å². The van der Waals surface area contributed by atoms with Gasteiger partial charge in [-0.3, -0.25) is 0 Å². The van der Waals surface area contributed by atoms with Gasteiger partial charge in [0.1, 0.15) is 11.8 Å². The Bertz CT molecular complexity index is 631. The number of rotatable bonds is 6.